The predicted molar refractivity (Wildman–Crippen MR) is 79.4 cm³/mol. The van der Waals surface area contributed by atoms with Crippen molar-refractivity contribution in [3.05, 3.63) is 46.8 Å². The lowest BCUT2D eigenvalue weighted by atomic mass is 9.97. The van der Waals surface area contributed by atoms with Gasteiger partial charge in [-0.3, -0.25) is 0 Å². The Morgan fingerprint density at radius 3 is 2.20 bits per heavy atom. The van der Waals surface area contributed by atoms with Crippen LogP contribution in [0, 0.1) is 27.7 Å². The number of aryl methyl sites for hydroxylation is 5. The summed E-state index contributed by atoms with van der Waals surface area (Å²) >= 11 is 0. The zero-order chi connectivity index (χ0) is 13.7. The van der Waals surface area contributed by atoms with Crippen molar-refractivity contribution in [2.24, 2.45) is 7.05 Å². The lowest BCUT2D eigenvalue weighted by Crippen LogP contribution is -3.00. The van der Waals surface area contributed by atoms with Crippen molar-refractivity contribution in [2.75, 3.05) is 0 Å². The van der Waals surface area contributed by atoms with E-state index in [0.29, 0.717) is 0 Å². The highest BCUT2D eigenvalue weighted by Crippen LogP contribution is 2.29. The largest absolute Gasteiger partial charge is 1.00 e. The summed E-state index contributed by atoms with van der Waals surface area (Å²) in [5.74, 6) is 0. The Bertz CT molecular complexity index is 822. The number of pyridine rings is 2. The molecule has 0 aliphatic heterocycles. The number of nitrogens with zero attached hydrogens (tertiary/aromatic N) is 2. The third-order valence-electron chi connectivity index (χ3n) is 4.00. The van der Waals surface area contributed by atoms with Gasteiger partial charge in [0.15, 0.2) is 6.20 Å². The fraction of sp³-hybridized carbons (Fsp3) is 0.294. The molecule has 0 spiro atoms. The molecular weight excluding hydrogens is 268 g/mol. The Balaban J connectivity index is 0.00000147. The fourth-order valence-electron chi connectivity index (χ4n) is 2.92. The van der Waals surface area contributed by atoms with Crippen LogP contribution in [-0.2, 0) is 7.05 Å². The fourth-order valence-corrected chi connectivity index (χ4v) is 2.92. The van der Waals surface area contributed by atoms with Gasteiger partial charge in [0.25, 0.3) is 0 Å². The van der Waals surface area contributed by atoms with Gasteiger partial charge in [0.05, 0.1) is 5.39 Å². The minimum Gasteiger partial charge on any atom is -1.00 e. The summed E-state index contributed by atoms with van der Waals surface area (Å²) in [6.07, 6.45) is 4.12. The van der Waals surface area contributed by atoms with Crippen molar-refractivity contribution in [2.45, 2.75) is 27.7 Å². The summed E-state index contributed by atoms with van der Waals surface area (Å²) in [5, 5.41) is 2.58. The summed E-state index contributed by atoms with van der Waals surface area (Å²) in [5.41, 5.74) is 7.52. The molecule has 2 aromatic heterocycles. The van der Waals surface area contributed by atoms with E-state index in [2.05, 4.69) is 62.6 Å². The summed E-state index contributed by atoms with van der Waals surface area (Å²) in [6.45, 7) is 8.64. The van der Waals surface area contributed by atoms with Gasteiger partial charge >= 0.3 is 0 Å². The van der Waals surface area contributed by atoms with Crippen LogP contribution in [0.15, 0.2) is 24.5 Å². The van der Waals surface area contributed by atoms with Crippen LogP contribution in [0.1, 0.15) is 22.3 Å². The second-order valence-corrected chi connectivity index (χ2v) is 5.55. The molecule has 3 aromatic rings. The van der Waals surface area contributed by atoms with Crippen LogP contribution in [0.2, 0.25) is 0 Å². The summed E-state index contributed by atoms with van der Waals surface area (Å²) < 4.78 is 2.20. The Labute approximate surface area is 125 Å². The Kier molecular flexibility index (Phi) is 3.70. The molecule has 0 amide bonds. The smallest absolute Gasteiger partial charge is 0.239 e. The van der Waals surface area contributed by atoms with E-state index in [1.54, 1.807) is 0 Å². The van der Waals surface area contributed by atoms with Crippen molar-refractivity contribution >= 4 is 21.8 Å². The average molecular weight is 287 g/mol. The molecule has 0 saturated heterocycles. The number of benzene rings is 1. The molecule has 3 heteroatoms. The summed E-state index contributed by atoms with van der Waals surface area (Å²) in [6, 6.07) is 4.50. The maximum absolute atomic E-state index is 4.68. The number of fused-ring (bicyclic) bond motifs is 3. The van der Waals surface area contributed by atoms with E-state index in [9.17, 15) is 0 Å². The first kappa shape index (κ1) is 14.7. The normalized spacial score (nSPS) is 10.8. The topological polar surface area (TPSA) is 16.8 Å². The number of halogens is 1. The molecule has 20 heavy (non-hydrogen) atoms. The molecule has 0 aliphatic carbocycles. The van der Waals surface area contributed by atoms with E-state index in [0.717, 1.165) is 5.52 Å². The molecule has 0 atom stereocenters. The van der Waals surface area contributed by atoms with Gasteiger partial charge in [-0.05, 0) is 56.5 Å². The highest BCUT2D eigenvalue weighted by atomic mass is 35.5. The minimum absolute atomic E-state index is 0. The van der Waals surface area contributed by atoms with Gasteiger partial charge in [-0.25, -0.2) is 4.98 Å². The Morgan fingerprint density at radius 2 is 1.50 bits per heavy atom. The number of rotatable bonds is 0. The van der Waals surface area contributed by atoms with Crippen molar-refractivity contribution in [1.82, 2.24) is 4.98 Å². The molecule has 2 heterocycles. The molecule has 0 N–H and O–H groups in total. The quantitative estimate of drug-likeness (QED) is 0.433. The third kappa shape index (κ3) is 2.04. The second-order valence-electron chi connectivity index (χ2n) is 5.55. The highest BCUT2D eigenvalue weighted by Gasteiger charge is 2.17. The highest BCUT2D eigenvalue weighted by molar-refractivity contribution is 6.04. The molecule has 0 radical (unpaired) electrons. The molecule has 0 unspecified atom stereocenters. The van der Waals surface area contributed by atoms with E-state index in [1.165, 1.54) is 38.5 Å². The van der Waals surface area contributed by atoms with Gasteiger partial charge in [0.1, 0.15) is 12.6 Å². The molecule has 0 saturated carbocycles. The first-order valence-electron chi connectivity index (χ1n) is 6.64. The molecule has 104 valence electrons. The van der Waals surface area contributed by atoms with Gasteiger partial charge in [0, 0.05) is 17.1 Å². The van der Waals surface area contributed by atoms with Gasteiger partial charge in [-0.2, -0.15) is 4.57 Å². The average Bonchev–Trinajstić information content (AvgIpc) is 2.35. The maximum Gasteiger partial charge on any atom is 0.239 e. The Morgan fingerprint density at radius 1 is 0.900 bits per heavy atom. The zero-order valence-corrected chi connectivity index (χ0v) is 13.3. The predicted octanol–water partition coefficient (Wildman–Crippen LogP) is 0.450. The molecule has 3 rings (SSSR count). The maximum atomic E-state index is 4.68. The standard InChI is InChI=1S/C17H19N2.ClH/c1-10-6-14-12(3)13(4)15-7-11(2)9-19(5)17(15)16(14)18-8-10;/h6-9H,1-5H3;1H/q+1;/p-1. The molecule has 2 nitrogen and oxygen atoms in total. The number of aromatic nitrogens is 2. The van der Waals surface area contributed by atoms with Crippen molar-refractivity contribution in [3.63, 3.8) is 0 Å². The first-order chi connectivity index (χ1) is 8.99. The lowest BCUT2D eigenvalue weighted by Gasteiger charge is -2.10. The third-order valence-corrected chi connectivity index (χ3v) is 4.00. The van der Waals surface area contributed by atoms with Crippen molar-refractivity contribution in [1.29, 1.82) is 0 Å². The first-order valence-corrected chi connectivity index (χ1v) is 6.64. The second kappa shape index (κ2) is 5.02. The van der Waals surface area contributed by atoms with E-state index in [-0.39, 0.29) is 12.4 Å². The number of hydrogen-bond acceptors (Lipinski definition) is 1. The van der Waals surface area contributed by atoms with Crippen molar-refractivity contribution in [3.8, 4) is 0 Å². The van der Waals surface area contributed by atoms with Crippen LogP contribution >= 0.6 is 0 Å². The van der Waals surface area contributed by atoms with E-state index >= 15 is 0 Å². The minimum atomic E-state index is 0. The van der Waals surface area contributed by atoms with E-state index in [1.807, 2.05) is 6.20 Å². The van der Waals surface area contributed by atoms with Crippen LogP contribution in [0.5, 0.6) is 0 Å². The summed E-state index contributed by atoms with van der Waals surface area (Å²) in [4.78, 5) is 4.68. The van der Waals surface area contributed by atoms with Crippen molar-refractivity contribution < 1.29 is 17.0 Å². The van der Waals surface area contributed by atoms with Crippen LogP contribution in [0.4, 0.5) is 0 Å². The lowest BCUT2D eigenvalue weighted by molar-refractivity contribution is -0.644. The van der Waals surface area contributed by atoms with Crippen LogP contribution < -0.4 is 17.0 Å². The molecular formula is C17H19ClN2. The molecule has 0 bridgehead atoms. The zero-order valence-electron chi connectivity index (χ0n) is 12.6. The van der Waals surface area contributed by atoms with E-state index in [4.69, 9.17) is 0 Å². The molecule has 0 fully saturated rings. The van der Waals surface area contributed by atoms with E-state index < -0.39 is 0 Å². The molecule has 1 aromatic carbocycles. The van der Waals surface area contributed by atoms with Gasteiger partial charge in [-0.15, -0.1) is 0 Å². The van der Waals surface area contributed by atoms with Gasteiger partial charge < -0.3 is 12.4 Å². The van der Waals surface area contributed by atoms with Gasteiger partial charge in [-0.1, -0.05) is 0 Å². The number of hydrogen-bond donors (Lipinski definition) is 0. The van der Waals surface area contributed by atoms with Crippen LogP contribution in [-0.4, -0.2) is 4.98 Å². The molecule has 0 aliphatic rings. The Hall–Kier alpha value is -1.67. The SMILES string of the molecule is Cc1cnc2c(c1)c(C)c(C)c1cc(C)c[n+](C)c12.[Cl-]. The van der Waals surface area contributed by atoms with Gasteiger partial charge in [0.2, 0.25) is 5.52 Å². The van der Waals surface area contributed by atoms with Crippen LogP contribution in [0.3, 0.4) is 0 Å². The van der Waals surface area contributed by atoms with Crippen LogP contribution in [0.25, 0.3) is 21.8 Å². The summed E-state index contributed by atoms with van der Waals surface area (Å²) in [7, 11) is 2.10. The monoisotopic (exact) mass is 286 g/mol.